The van der Waals surface area contributed by atoms with Gasteiger partial charge in [0.2, 0.25) is 5.91 Å². The van der Waals surface area contributed by atoms with E-state index < -0.39 is 0 Å². The maximum atomic E-state index is 12.0. The Bertz CT molecular complexity index is 437. The van der Waals surface area contributed by atoms with Crippen molar-refractivity contribution < 1.29 is 4.79 Å². The van der Waals surface area contributed by atoms with Crippen LogP contribution in [-0.4, -0.2) is 24.1 Å². The maximum Gasteiger partial charge on any atom is 0.240 e. The van der Waals surface area contributed by atoms with E-state index in [-0.39, 0.29) is 11.2 Å². The second-order valence-electron chi connectivity index (χ2n) is 4.00. The van der Waals surface area contributed by atoms with Crippen LogP contribution in [0.4, 0.5) is 5.69 Å². The highest BCUT2D eigenvalue weighted by molar-refractivity contribution is 8.01. The van der Waals surface area contributed by atoms with E-state index >= 15 is 0 Å². The number of benzene rings is 1. The fourth-order valence-electron chi connectivity index (χ4n) is 1.91. The van der Waals surface area contributed by atoms with Crippen LogP contribution < -0.4 is 10.2 Å². The normalized spacial score (nSPS) is 19.4. The number of amides is 1. The van der Waals surface area contributed by atoms with Crippen molar-refractivity contribution in [3.63, 3.8) is 0 Å². The molecule has 1 aromatic rings. The number of fused-ring (bicyclic) bond motifs is 1. The van der Waals surface area contributed by atoms with Crippen molar-refractivity contribution in [2.24, 2.45) is 0 Å². The number of thioether (sulfide) groups is 1. The molecule has 0 radical (unpaired) electrons. The second-order valence-corrected chi connectivity index (χ2v) is 5.67. The zero-order valence-corrected chi connectivity index (χ0v) is 11.6. The molecule has 0 bridgehead atoms. The van der Waals surface area contributed by atoms with Crippen molar-refractivity contribution in [2.45, 2.75) is 23.6 Å². The van der Waals surface area contributed by atoms with Crippen LogP contribution in [0.3, 0.4) is 0 Å². The van der Waals surface area contributed by atoms with Gasteiger partial charge in [-0.3, -0.25) is 4.79 Å². The van der Waals surface area contributed by atoms with Crippen molar-refractivity contribution in [3.8, 4) is 0 Å². The predicted octanol–water partition coefficient (Wildman–Crippen LogP) is 2.12. The number of nitrogens with zero attached hydrogens (tertiary/aromatic N) is 1. The van der Waals surface area contributed by atoms with Crippen LogP contribution in [0.5, 0.6) is 0 Å². The van der Waals surface area contributed by atoms with Crippen molar-refractivity contribution in [2.75, 3.05) is 17.8 Å². The summed E-state index contributed by atoms with van der Waals surface area (Å²) in [7, 11) is 1.91. The molecular weight excluding hydrogens is 252 g/mol. The first kappa shape index (κ1) is 12.8. The lowest BCUT2D eigenvalue weighted by Gasteiger charge is -2.31. The van der Waals surface area contributed by atoms with Gasteiger partial charge >= 0.3 is 0 Å². The third-order valence-electron chi connectivity index (χ3n) is 2.75. The average Bonchev–Trinajstić information content (AvgIpc) is 2.32. The van der Waals surface area contributed by atoms with Gasteiger partial charge in [-0.2, -0.15) is 12.6 Å². The largest absolute Gasteiger partial charge is 0.316 e. The molecule has 3 nitrogen and oxygen atoms in total. The van der Waals surface area contributed by atoms with Gasteiger partial charge in [-0.25, -0.2) is 0 Å². The number of nitrogens with one attached hydrogen (secondary N) is 1. The summed E-state index contributed by atoms with van der Waals surface area (Å²) in [4.78, 5) is 14.9. The molecule has 0 saturated heterocycles. The molecule has 1 atom stereocenters. The monoisotopic (exact) mass is 268 g/mol. The van der Waals surface area contributed by atoms with Crippen molar-refractivity contribution in [3.05, 3.63) is 23.8 Å². The van der Waals surface area contributed by atoms with E-state index in [1.165, 1.54) is 5.56 Å². The Balaban J connectivity index is 2.41. The summed E-state index contributed by atoms with van der Waals surface area (Å²) < 4.78 is 0. The van der Waals surface area contributed by atoms with Crippen molar-refractivity contribution in [1.29, 1.82) is 0 Å². The first-order chi connectivity index (χ1) is 8.17. The quantitative estimate of drug-likeness (QED) is 0.824. The summed E-state index contributed by atoms with van der Waals surface area (Å²) in [6.07, 6.45) is 0. The lowest BCUT2D eigenvalue weighted by molar-refractivity contribution is -0.117. The molecule has 1 amide bonds. The van der Waals surface area contributed by atoms with Gasteiger partial charge in [-0.1, -0.05) is 6.07 Å². The molecule has 17 heavy (non-hydrogen) atoms. The zero-order valence-electron chi connectivity index (χ0n) is 9.93. The number of rotatable bonds is 3. The smallest absolute Gasteiger partial charge is 0.240 e. The molecule has 0 saturated carbocycles. The summed E-state index contributed by atoms with van der Waals surface area (Å²) >= 11 is 5.88. The van der Waals surface area contributed by atoms with E-state index in [0.717, 1.165) is 17.1 Å². The summed E-state index contributed by atoms with van der Waals surface area (Å²) in [5.74, 6) is 0.568. The molecule has 92 valence electrons. The van der Waals surface area contributed by atoms with Gasteiger partial charge in [-0.05, 0) is 31.7 Å². The zero-order chi connectivity index (χ0) is 12.4. The summed E-state index contributed by atoms with van der Waals surface area (Å²) in [6.45, 7) is 2.75. The van der Waals surface area contributed by atoms with Gasteiger partial charge < -0.3 is 10.2 Å². The van der Waals surface area contributed by atoms with E-state index in [1.54, 1.807) is 16.7 Å². The Morgan fingerprint density at radius 3 is 2.94 bits per heavy atom. The lowest BCUT2D eigenvalue weighted by Crippen LogP contribution is -2.39. The van der Waals surface area contributed by atoms with E-state index in [4.69, 9.17) is 0 Å². The maximum absolute atomic E-state index is 12.0. The molecule has 1 N–H and O–H groups in total. The van der Waals surface area contributed by atoms with Crippen molar-refractivity contribution >= 4 is 36.0 Å². The number of hydrogen-bond acceptors (Lipinski definition) is 4. The molecule has 1 unspecified atom stereocenters. The number of carbonyl (C=O) groups is 1. The topological polar surface area (TPSA) is 32.3 Å². The van der Waals surface area contributed by atoms with Gasteiger partial charge in [0.1, 0.15) is 0 Å². The highest BCUT2D eigenvalue weighted by Gasteiger charge is 2.29. The molecule has 0 aliphatic carbocycles. The molecule has 1 aliphatic rings. The molecule has 1 aromatic carbocycles. The van der Waals surface area contributed by atoms with Gasteiger partial charge in [0.05, 0.1) is 16.8 Å². The summed E-state index contributed by atoms with van der Waals surface area (Å²) in [5, 5.41) is 3.09. The van der Waals surface area contributed by atoms with Crippen LogP contribution in [0, 0.1) is 0 Å². The lowest BCUT2D eigenvalue weighted by atomic mass is 10.1. The van der Waals surface area contributed by atoms with Crippen LogP contribution in [-0.2, 0) is 11.3 Å². The molecule has 0 aromatic heterocycles. The Labute approximate surface area is 111 Å². The molecule has 1 aliphatic heterocycles. The first-order valence-electron chi connectivity index (χ1n) is 5.53. The molecular formula is C12H16N2OS2. The van der Waals surface area contributed by atoms with Crippen LogP contribution in [0.2, 0.25) is 0 Å². The van der Waals surface area contributed by atoms with E-state index in [9.17, 15) is 4.79 Å². The minimum absolute atomic E-state index is 0.0233. The fourth-order valence-corrected chi connectivity index (χ4v) is 3.25. The first-order valence-corrected chi connectivity index (χ1v) is 7.05. The Morgan fingerprint density at radius 2 is 2.29 bits per heavy atom. The van der Waals surface area contributed by atoms with Gasteiger partial charge in [0.25, 0.3) is 0 Å². The molecule has 5 heteroatoms. The van der Waals surface area contributed by atoms with Crippen LogP contribution in [0.25, 0.3) is 0 Å². The minimum atomic E-state index is -0.0233. The average molecular weight is 268 g/mol. The number of hydrogen-bond donors (Lipinski definition) is 2. The molecule has 0 spiro atoms. The number of anilines is 1. The third kappa shape index (κ3) is 2.46. The van der Waals surface area contributed by atoms with Crippen LogP contribution in [0.1, 0.15) is 12.5 Å². The highest BCUT2D eigenvalue weighted by Crippen LogP contribution is 2.39. The van der Waals surface area contributed by atoms with Gasteiger partial charge in [-0.15, -0.1) is 11.8 Å². The van der Waals surface area contributed by atoms with E-state index in [2.05, 4.69) is 36.1 Å². The summed E-state index contributed by atoms with van der Waals surface area (Å²) in [5.41, 5.74) is 2.17. The third-order valence-corrected chi connectivity index (χ3v) is 4.19. The predicted molar refractivity (Wildman–Crippen MR) is 75.9 cm³/mol. The Morgan fingerprint density at radius 1 is 1.53 bits per heavy atom. The van der Waals surface area contributed by atoms with Crippen LogP contribution >= 0.6 is 24.4 Å². The molecule has 1 heterocycles. The minimum Gasteiger partial charge on any atom is -0.316 e. The Hall–Kier alpha value is -0.650. The molecule has 0 fully saturated rings. The number of thiol groups is 1. The van der Waals surface area contributed by atoms with Gasteiger partial charge in [0.15, 0.2) is 0 Å². The van der Waals surface area contributed by atoms with Gasteiger partial charge in [0, 0.05) is 11.4 Å². The van der Waals surface area contributed by atoms with Crippen LogP contribution in [0.15, 0.2) is 23.1 Å². The second kappa shape index (κ2) is 5.33. The standard InChI is InChI=1S/C12H16N2OS2/c1-8-12(15)14(7-16)10-5-9(6-13-2)3-4-11(10)17-8/h3-5,8,13,16H,6-7H2,1-2H3. The summed E-state index contributed by atoms with van der Waals surface area (Å²) in [6, 6.07) is 6.26. The Kier molecular flexibility index (Phi) is 4.01. The molecule has 2 rings (SSSR count). The van der Waals surface area contributed by atoms with E-state index in [1.807, 2.05) is 14.0 Å². The highest BCUT2D eigenvalue weighted by atomic mass is 32.2. The van der Waals surface area contributed by atoms with E-state index in [0.29, 0.717) is 5.88 Å². The van der Waals surface area contributed by atoms with Crippen molar-refractivity contribution in [1.82, 2.24) is 5.32 Å². The number of carbonyl (C=O) groups excluding carboxylic acids is 1. The SMILES string of the molecule is CNCc1ccc2c(c1)N(CS)C(=O)C(C)S2. The fraction of sp³-hybridized carbons (Fsp3) is 0.417.